The van der Waals surface area contributed by atoms with Gasteiger partial charge in [-0.25, -0.2) is 0 Å². The number of amides is 1. The highest BCUT2D eigenvalue weighted by Gasteiger charge is 2.29. The van der Waals surface area contributed by atoms with Crippen LogP contribution in [0.15, 0.2) is 36.7 Å². The Bertz CT molecular complexity index is 747. The summed E-state index contributed by atoms with van der Waals surface area (Å²) in [7, 11) is 0. The summed E-state index contributed by atoms with van der Waals surface area (Å²) in [6.07, 6.45) is 5.47. The number of nitrogens with one attached hydrogen (secondary N) is 1. The van der Waals surface area contributed by atoms with Gasteiger partial charge in [0.15, 0.2) is 0 Å². The molecular weight excluding hydrogens is 350 g/mol. The van der Waals surface area contributed by atoms with Crippen molar-refractivity contribution in [1.82, 2.24) is 15.2 Å². The van der Waals surface area contributed by atoms with Gasteiger partial charge in [-0.05, 0) is 56.1 Å². The van der Waals surface area contributed by atoms with Gasteiger partial charge in [0, 0.05) is 29.9 Å². The van der Waals surface area contributed by atoms with Crippen molar-refractivity contribution in [3.8, 4) is 0 Å². The lowest BCUT2D eigenvalue weighted by molar-refractivity contribution is -0.144. The first-order valence-corrected chi connectivity index (χ1v) is 9.65. The van der Waals surface area contributed by atoms with E-state index in [1.807, 2.05) is 31.2 Å². The van der Waals surface area contributed by atoms with Crippen LogP contribution in [-0.4, -0.2) is 41.5 Å². The summed E-state index contributed by atoms with van der Waals surface area (Å²) in [5, 5.41) is 2.94. The molecule has 1 unspecified atom stereocenters. The number of thiophene rings is 1. The van der Waals surface area contributed by atoms with Crippen LogP contribution in [0.3, 0.4) is 0 Å². The first-order chi connectivity index (χ1) is 12.7. The minimum Gasteiger partial charge on any atom is -0.465 e. The van der Waals surface area contributed by atoms with Gasteiger partial charge < -0.3 is 10.1 Å². The Kier molecular flexibility index (Phi) is 6.35. The molecule has 3 rings (SSSR count). The van der Waals surface area contributed by atoms with Crippen molar-refractivity contribution < 1.29 is 14.3 Å². The van der Waals surface area contributed by atoms with Gasteiger partial charge in [-0.2, -0.15) is 0 Å². The number of ether oxygens (including phenoxy) is 1. The second kappa shape index (κ2) is 8.91. The molecule has 138 valence electrons. The molecule has 1 amide bonds. The van der Waals surface area contributed by atoms with Crippen molar-refractivity contribution in [2.24, 2.45) is 0 Å². The van der Waals surface area contributed by atoms with E-state index in [0.29, 0.717) is 24.6 Å². The minimum absolute atomic E-state index is 0.0759. The molecule has 1 N–H and O–H groups in total. The normalized spacial score (nSPS) is 17.2. The van der Waals surface area contributed by atoms with Crippen LogP contribution in [0.4, 0.5) is 0 Å². The molecule has 0 spiro atoms. The molecule has 0 radical (unpaired) electrons. The molecule has 2 aromatic rings. The maximum absolute atomic E-state index is 12.4. The van der Waals surface area contributed by atoms with Crippen molar-refractivity contribution in [2.75, 3.05) is 19.7 Å². The van der Waals surface area contributed by atoms with E-state index < -0.39 is 0 Å². The van der Waals surface area contributed by atoms with Crippen LogP contribution < -0.4 is 5.32 Å². The van der Waals surface area contributed by atoms with Crippen LogP contribution >= 0.6 is 11.3 Å². The Morgan fingerprint density at radius 1 is 1.31 bits per heavy atom. The Labute approximate surface area is 157 Å². The number of pyridine rings is 1. The lowest BCUT2D eigenvalue weighted by Gasteiger charge is -2.22. The van der Waals surface area contributed by atoms with Gasteiger partial charge in [0.05, 0.1) is 18.0 Å². The summed E-state index contributed by atoms with van der Waals surface area (Å²) in [5.41, 5.74) is 1.02. The van der Waals surface area contributed by atoms with E-state index in [2.05, 4.69) is 15.2 Å². The number of esters is 1. The third-order valence-corrected chi connectivity index (χ3v) is 5.57. The number of hydrogen-bond donors (Lipinski definition) is 1. The zero-order chi connectivity index (χ0) is 18.4. The summed E-state index contributed by atoms with van der Waals surface area (Å²) < 4.78 is 5.06. The molecule has 26 heavy (non-hydrogen) atoms. The maximum Gasteiger partial charge on any atom is 0.320 e. The largest absolute Gasteiger partial charge is 0.465 e. The molecular formula is C19H23N3O3S. The quantitative estimate of drug-likeness (QED) is 0.756. The number of nitrogens with zero attached hydrogens (tertiary/aromatic N) is 2. The second-order valence-corrected chi connectivity index (χ2v) is 7.29. The van der Waals surface area contributed by atoms with Gasteiger partial charge in [-0.15, -0.1) is 11.3 Å². The van der Waals surface area contributed by atoms with Crippen molar-refractivity contribution in [1.29, 1.82) is 0 Å². The van der Waals surface area contributed by atoms with E-state index in [1.165, 1.54) is 11.3 Å². The lowest BCUT2D eigenvalue weighted by Crippen LogP contribution is -2.30. The molecule has 1 fully saturated rings. The Balaban J connectivity index is 1.59. The summed E-state index contributed by atoms with van der Waals surface area (Å²) in [4.78, 5) is 32.1. The number of aromatic nitrogens is 1. The van der Waals surface area contributed by atoms with Crippen molar-refractivity contribution in [2.45, 2.75) is 32.4 Å². The molecule has 1 saturated heterocycles. The number of likely N-dealkylation sites (tertiary alicyclic amines) is 1. The molecule has 1 aliphatic rings. The number of carbonyl (C=O) groups is 2. The van der Waals surface area contributed by atoms with E-state index >= 15 is 0 Å². The molecule has 2 aromatic heterocycles. The average molecular weight is 373 g/mol. The molecule has 0 aliphatic carbocycles. The molecule has 0 bridgehead atoms. The zero-order valence-corrected chi connectivity index (χ0v) is 15.6. The van der Waals surface area contributed by atoms with E-state index in [9.17, 15) is 9.59 Å². The first kappa shape index (κ1) is 18.5. The fourth-order valence-electron chi connectivity index (χ4n) is 3.13. The maximum atomic E-state index is 12.4. The number of hydrogen-bond acceptors (Lipinski definition) is 6. The minimum atomic E-state index is -0.189. The van der Waals surface area contributed by atoms with Crippen LogP contribution in [0.5, 0.6) is 0 Å². The van der Waals surface area contributed by atoms with Gasteiger partial charge in [-0.1, -0.05) is 0 Å². The fraction of sp³-hybridized carbons (Fsp3) is 0.421. The molecule has 0 saturated carbocycles. The molecule has 3 heterocycles. The summed E-state index contributed by atoms with van der Waals surface area (Å²) in [6.45, 7) is 3.88. The highest BCUT2D eigenvalue weighted by Crippen LogP contribution is 2.35. The van der Waals surface area contributed by atoms with Crippen LogP contribution in [0.2, 0.25) is 0 Å². The van der Waals surface area contributed by atoms with Crippen molar-refractivity contribution >= 4 is 23.2 Å². The fourth-order valence-corrected chi connectivity index (χ4v) is 4.23. The van der Waals surface area contributed by atoms with E-state index in [-0.39, 0.29) is 17.9 Å². The van der Waals surface area contributed by atoms with Gasteiger partial charge in [0.25, 0.3) is 5.91 Å². The third kappa shape index (κ3) is 4.68. The Morgan fingerprint density at radius 2 is 2.12 bits per heavy atom. The highest BCUT2D eigenvalue weighted by molar-refractivity contribution is 7.14. The van der Waals surface area contributed by atoms with Crippen LogP contribution in [0.25, 0.3) is 0 Å². The molecule has 7 heteroatoms. The predicted octanol–water partition coefficient (Wildman–Crippen LogP) is 2.77. The zero-order valence-electron chi connectivity index (χ0n) is 14.8. The molecule has 1 atom stereocenters. The first-order valence-electron chi connectivity index (χ1n) is 8.84. The van der Waals surface area contributed by atoms with Gasteiger partial charge in [0.1, 0.15) is 0 Å². The lowest BCUT2D eigenvalue weighted by atomic mass is 10.2. The molecule has 1 aliphatic heterocycles. The SMILES string of the molecule is CCOC(=O)CN1CCCC1c1ccc(C(=O)NCc2ccncc2)s1. The topological polar surface area (TPSA) is 71.5 Å². The Hall–Kier alpha value is -2.25. The van der Waals surface area contributed by atoms with E-state index in [1.54, 1.807) is 12.4 Å². The summed E-state index contributed by atoms with van der Waals surface area (Å²) >= 11 is 1.50. The van der Waals surface area contributed by atoms with Gasteiger partial charge >= 0.3 is 5.97 Å². The molecule has 6 nitrogen and oxygen atoms in total. The summed E-state index contributed by atoms with van der Waals surface area (Å²) in [5.74, 6) is -0.265. The van der Waals surface area contributed by atoms with Crippen LogP contribution in [0, 0.1) is 0 Å². The van der Waals surface area contributed by atoms with Gasteiger partial charge in [-0.3, -0.25) is 19.5 Å². The van der Waals surface area contributed by atoms with E-state index in [4.69, 9.17) is 4.74 Å². The smallest absolute Gasteiger partial charge is 0.320 e. The summed E-state index contributed by atoms with van der Waals surface area (Å²) in [6, 6.07) is 7.81. The number of rotatable bonds is 7. The Morgan fingerprint density at radius 3 is 2.88 bits per heavy atom. The van der Waals surface area contributed by atoms with Crippen LogP contribution in [0.1, 0.15) is 45.9 Å². The molecule has 0 aromatic carbocycles. The van der Waals surface area contributed by atoms with Crippen molar-refractivity contribution in [3.05, 3.63) is 52.0 Å². The average Bonchev–Trinajstić information content (AvgIpc) is 3.30. The van der Waals surface area contributed by atoms with Crippen molar-refractivity contribution in [3.63, 3.8) is 0 Å². The van der Waals surface area contributed by atoms with Gasteiger partial charge in [0.2, 0.25) is 0 Å². The predicted molar refractivity (Wildman–Crippen MR) is 99.9 cm³/mol. The van der Waals surface area contributed by atoms with Crippen LogP contribution in [-0.2, 0) is 16.1 Å². The highest BCUT2D eigenvalue weighted by atomic mass is 32.1. The van der Waals surface area contributed by atoms with E-state index in [0.717, 1.165) is 29.8 Å². The monoisotopic (exact) mass is 373 g/mol. The third-order valence-electron chi connectivity index (χ3n) is 4.38. The second-order valence-electron chi connectivity index (χ2n) is 6.17. The standard InChI is InChI=1S/C19H23N3O3S/c1-2-25-18(23)13-22-11-3-4-15(22)16-5-6-17(26-16)19(24)21-12-14-7-9-20-10-8-14/h5-10,15H,2-4,11-13H2,1H3,(H,21,24). The number of carbonyl (C=O) groups excluding carboxylic acids is 2.